The van der Waals surface area contributed by atoms with Gasteiger partial charge in [-0.1, -0.05) is 36.4 Å². The fourth-order valence-corrected chi connectivity index (χ4v) is 13.3. The molecule has 0 fully saturated rings. The number of aromatic carboxylic acids is 5. The predicted molar refractivity (Wildman–Crippen MR) is 397 cm³/mol. The van der Waals surface area contributed by atoms with Gasteiger partial charge in [0.25, 0.3) is 35.4 Å². The first-order chi connectivity index (χ1) is 55.3. The Morgan fingerprint density at radius 1 is 0.353 bits per heavy atom. The Kier molecular flexibility index (Phi) is 22.8. The van der Waals surface area contributed by atoms with Crippen LogP contribution >= 0.6 is 0 Å². The van der Waals surface area contributed by atoms with Crippen LogP contribution < -0.4 is 27.0 Å². The highest BCUT2D eigenvalue weighted by Gasteiger charge is 2.58. The topological polar surface area (TPSA) is 458 Å². The fraction of sp³-hybridized carbons (Fsp3) is 0.159. The van der Waals surface area contributed by atoms with E-state index in [4.69, 9.17) is 16.6 Å². The summed E-state index contributed by atoms with van der Waals surface area (Å²) in [5, 5.41) is 50.7. The first-order valence-electron chi connectivity index (χ1n) is 34.2. The van der Waals surface area contributed by atoms with Crippen LogP contribution in [0.2, 0.25) is 0 Å². The first kappa shape index (κ1) is 86.2. The SMILES string of the molecule is CC(c1ccc2c(c1)C(=O)OC2=O)(c1ccc2c(c1)C(=O)OC2=O)C(F)(F)F.CNC(=O)c1cc(C(C)(c2ccc(C(=O)O)c(C(=O)Nc3cc(C)cc(C(=O)O)c3)c2)C(F)(F)F)ccc1C(=O)O.Cc1cc(C(=O)O)cc(N2C(=O)c3ccc(C(C)(c4ccc5c(c4)C(=O)N(C)C5=O)C(F)(F)F)cc3C2=O)c1.Nc1cc(N)cc(C(=O)O)c1. The number of cyclic esters (lactones) is 4. The number of benzene rings is 9. The van der Waals surface area contributed by atoms with Crippen LogP contribution in [-0.2, 0) is 25.7 Å². The number of alkyl halides is 9. The van der Waals surface area contributed by atoms with E-state index < -0.39 is 157 Å². The normalized spacial score (nSPS) is 14.4. The Morgan fingerprint density at radius 3 is 1.07 bits per heavy atom. The number of rotatable bonds is 15. The van der Waals surface area contributed by atoms with Crippen molar-refractivity contribution in [2.75, 3.05) is 35.8 Å². The minimum absolute atomic E-state index is 0.0139. The summed E-state index contributed by atoms with van der Waals surface area (Å²) in [6, 6.07) is 29.6. The third-order valence-corrected chi connectivity index (χ3v) is 20.0. The number of carboxylic acids is 5. The molecule has 11 N–H and O–H groups in total. The van der Waals surface area contributed by atoms with Crippen molar-refractivity contribution in [2.45, 2.75) is 69.4 Å². The number of ether oxygens (including phenoxy) is 2. The van der Waals surface area contributed by atoms with Gasteiger partial charge in [-0.3, -0.25) is 33.7 Å². The van der Waals surface area contributed by atoms with E-state index in [0.29, 0.717) is 22.5 Å². The number of nitrogens with two attached hydrogens (primary N) is 2. The van der Waals surface area contributed by atoms with Crippen molar-refractivity contribution in [1.82, 2.24) is 10.2 Å². The fourth-order valence-electron chi connectivity index (χ4n) is 13.3. The standard InChI is InChI=1S/C28H23F3N2O8.C28H19F3N2O6.C19H9F3O6.C7H8N2O2/c1-13-8-14(24(36)37)10-17(9-13)33-23(35)21-12-16(5-7-19(21)26(40)41)27(2,28(29,30)31)15-4-6-18(25(38)39)20(11-15)22(34)32-3;1-13-8-14(26(38)39)10-17(9-13)33-24(36)19-7-5-16(12-21(19)25(33)37)27(2,28(29,30)31)15-4-6-18-20(11-15)23(35)32(3)22(18)34;1-18(19(20,21)22,8-2-4-10-12(6-8)16(25)27-14(10)23)9-3-5-11-13(7-9)17(26)28-15(11)24;8-5-1-4(7(10)11)2-6(9)3-5/h4-12H,1-3H3,(H,32,34)(H,33,35)(H,36,37)(H,38,39)(H,40,41);4-12H,1-3H3,(H,38,39);2-7H,1H3;1-3H,8-9H2,(H,10,11). The van der Waals surface area contributed by atoms with Crippen molar-refractivity contribution in [2.24, 2.45) is 0 Å². The maximum absolute atomic E-state index is 14.8. The van der Waals surface area contributed by atoms with Crippen LogP contribution in [0.15, 0.2) is 164 Å². The largest absolute Gasteiger partial charge is 0.478 e. The van der Waals surface area contributed by atoms with Crippen LogP contribution in [0.5, 0.6) is 0 Å². The number of carbonyl (C=O) groups is 15. The zero-order valence-electron chi connectivity index (χ0n) is 62.2. The number of carbonyl (C=O) groups excluding carboxylic acids is 10. The van der Waals surface area contributed by atoms with E-state index in [-0.39, 0.29) is 94.8 Å². The second-order valence-corrected chi connectivity index (χ2v) is 27.5. The van der Waals surface area contributed by atoms with Crippen LogP contribution in [0.1, 0.15) is 221 Å². The van der Waals surface area contributed by atoms with Crippen molar-refractivity contribution in [3.63, 3.8) is 0 Å². The van der Waals surface area contributed by atoms with Crippen molar-refractivity contribution in [3.05, 3.63) is 292 Å². The van der Waals surface area contributed by atoms with Crippen LogP contribution in [0, 0.1) is 13.8 Å². The summed E-state index contributed by atoms with van der Waals surface area (Å²) in [6.07, 6.45) is -14.8. The number of aryl methyl sites for hydroxylation is 2. The molecule has 13 rings (SSSR count). The number of nitrogens with zero attached hydrogens (tertiary/aromatic N) is 2. The average molecular weight is 1650 g/mol. The highest BCUT2D eigenvalue weighted by atomic mass is 19.4. The van der Waals surface area contributed by atoms with Crippen LogP contribution in [0.25, 0.3) is 0 Å². The minimum Gasteiger partial charge on any atom is -0.478 e. The van der Waals surface area contributed by atoms with E-state index in [9.17, 15) is 132 Å². The minimum atomic E-state index is -5.08. The smallest absolute Gasteiger partial charge is 0.402 e. The molecule has 6 amide bonds. The van der Waals surface area contributed by atoms with Crippen molar-refractivity contribution in [1.29, 1.82) is 0 Å². The van der Waals surface area contributed by atoms with Crippen LogP contribution in [-0.4, -0.2) is 152 Å². The highest BCUT2D eigenvalue weighted by Crippen LogP contribution is 2.51. The molecule has 9 aromatic carbocycles. The summed E-state index contributed by atoms with van der Waals surface area (Å²) >= 11 is 0. The van der Waals surface area contributed by atoms with Crippen molar-refractivity contribution < 1.29 is 146 Å². The number of hydrogen-bond acceptors (Lipinski definition) is 19. The molecule has 0 aliphatic carbocycles. The number of carboxylic acid groups (broad SMARTS) is 5. The Balaban J connectivity index is 0.000000178. The molecule has 0 saturated carbocycles. The highest BCUT2D eigenvalue weighted by molar-refractivity contribution is 6.34. The molecule has 612 valence electrons. The Morgan fingerprint density at radius 2 is 0.672 bits per heavy atom. The Hall–Kier alpha value is -15.2. The van der Waals surface area contributed by atoms with Gasteiger partial charge < -0.3 is 57.1 Å². The summed E-state index contributed by atoms with van der Waals surface area (Å²) < 4.78 is 140. The number of nitrogen functional groups attached to an aromatic ring is 2. The molecule has 4 aliphatic rings. The van der Waals surface area contributed by atoms with Gasteiger partial charge in [0, 0.05) is 31.2 Å². The van der Waals surface area contributed by atoms with Crippen molar-refractivity contribution in [3.8, 4) is 0 Å². The average Bonchev–Trinajstić information content (AvgIpc) is 1.69. The number of imide groups is 2. The number of amides is 6. The molecule has 4 heterocycles. The van der Waals surface area contributed by atoms with Gasteiger partial charge in [-0.25, -0.2) is 48.1 Å². The maximum Gasteiger partial charge on any atom is 0.402 e. The molecule has 37 heteroatoms. The lowest BCUT2D eigenvalue weighted by molar-refractivity contribution is -0.173. The van der Waals surface area contributed by atoms with Gasteiger partial charge in [0.15, 0.2) is 0 Å². The van der Waals surface area contributed by atoms with Crippen LogP contribution in [0.4, 0.5) is 62.3 Å². The van der Waals surface area contributed by atoms with E-state index >= 15 is 0 Å². The molecule has 0 spiro atoms. The second kappa shape index (κ2) is 31.5. The molecular formula is C82H59F9N6O22. The monoisotopic (exact) mass is 1650 g/mol. The van der Waals surface area contributed by atoms with E-state index in [1.165, 1.54) is 62.6 Å². The molecule has 9 aromatic rings. The second-order valence-electron chi connectivity index (χ2n) is 27.5. The zero-order valence-corrected chi connectivity index (χ0v) is 62.2. The van der Waals surface area contributed by atoms with Gasteiger partial charge in [-0.05, 0) is 207 Å². The van der Waals surface area contributed by atoms with E-state index in [0.717, 1.165) is 146 Å². The zero-order chi connectivity index (χ0) is 88.3. The number of nitrogens with one attached hydrogen (secondary N) is 2. The number of halogens is 9. The lowest BCUT2D eigenvalue weighted by Gasteiger charge is -2.34. The summed E-state index contributed by atoms with van der Waals surface area (Å²) in [4.78, 5) is 181. The third-order valence-electron chi connectivity index (χ3n) is 20.0. The quantitative estimate of drug-likeness (QED) is 0.0151. The lowest BCUT2D eigenvalue weighted by Crippen LogP contribution is -2.41. The molecule has 28 nitrogen and oxygen atoms in total. The van der Waals surface area contributed by atoms with Crippen LogP contribution in [0.3, 0.4) is 0 Å². The molecule has 4 aliphatic heterocycles. The molecule has 0 aromatic heterocycles. The summed E-state index contributed by atoms with van der Waals surface area (Å²) in [5.41, 5.74) is -2.51. The molecule has 0 saturated heterocycles. The van der Waals surface area contributed by atoms with Gasteiger partial charge in [0.1, 0.15) is 16.2 Å². The van der Waals surface area contributed by atoms with E-state index in [2.05, 4.69) is 20.1 Å². The first-order valence-corrected chi connectivity index (χ1v) is 34.2. The third kappa shape index (κ3) is 16.0. The summed E-state index contributed by atoms with van der Waals surface area (Å²) in [5.74, 6) is -15.8. The summed E-state index contributed by atoms with van der Waals surface area (Å²) in [6.45, 7) is 5.63. The molecule has 0 bridgehead atoms. The van der Waals surface area contributed by atoms with E-state index in [1.54, 1.807) is 13.8 Å². The molecular weight excluding hydrogens is 1590 g/mol. The maximum atomic E-state index is 14.8. The van der Waals surface area contributed by atoms with Gasteiger partial charge >= 0.3 is 72.3 Å². The number of hydrogen-bond donors (Lipinski definition) is 9. The lowest BCUT2D eigenvalue weighted by atomic mass is 9.74. The Bertz CT molecular complexity index is 5900. The molecule has 119 heavy (non-hydrogen) atoms. The van der Waals surface area contributed by atoms with Gasteiger partial charge in [0.05, 0.1) is 89.1 Å². The molecule has 2 atom stereocenters. The van der Waals surface area contributed by atoms with Gasteiger partial charge in [-0.2, -0.15) is 39.5 Å². The van der Waals surface area contributed by atoms with E-state index in [1.807, 2.05) is 0 Å². The Labute approximate surface area is 663 Å². The molecule has 0 radical (unpaired) electrons. The van der Waals surface area contributed by atoms with Crippen molar-refractivity contribution >= 4 is 112 Å². The number of esters is 4. The number of fused-ring (bicyclic) bond motifs is 4. The van der Waals surface area contributed by atoms with Gasteiger partial charge in [-0.15, -0.1) is 0 Å². The number of anilines is 4. The predicted octanol–water partition coefficient (Wildman–Crippen LogP) is 12.9. The summed E-state index contributed by atoms with van der Waals surface area (Å²) in [7, 11) is 2.41. The molecule has 2 unspecified atom stereocenters. The van der Waals surface area contributed by atoms with Gasteiger partial charge in [0.2, 0.25) is 0 Å².